The number of hydrogen-bond donors (Lipinski definition) is 1. The van der Waals surface area contributed by atoms with Crippen molar-refractivity contribution in [3.05, 3.63) is 68.1 Å². The Morgan fingerprint density at radius 2 is 2.00 bits per heavy atom. The van der Waals surface area contributed by atoms with Crippen LogP contribution in [0.25, 0.3) is 6.08 Å². The highest BCUT2D eigenvalue weighted by molar-refractivity contribution is 8.18. The van der Waals surface area contributed by atoms with Crippen molar-refractivity contribution in [3.8, 4) is 11.5 Å². The van der Waals surface area contributed by atoms with Crippen LogP contribution in [-0.4, -0.2) is 53.7 Å². The lowest BCUT2D eigenvalue weighted by molar-refractivity contribution is -0.385. The molecule has 1 heterocycles. The van der Waals surface area contributed by atoms with Gasteiger partial charge in [0, 0.05) is 30.3 Å². The Labute approximate surface area is 200 Å². The summed E-state index contributed by atoms with van der Waals surface area (Å²) in [4.78, 5) is 49.4. The normalized spacial score (nSPS) is 14.4. The number of carbonyl (C=O) groups is 3. The van der Waals surface area contributed by atoms with Crippen LogP contribution >= 0.6 is 11.8 Å². The van der Waals surface area contributed by atoms with Crippen molar-refractivity contribution >= 4 is 40.6 Å². The van der Waals surface area contributed by atoms with E-state index in [9.17, 15) is 24.5 Å². The number of ether oxygens (including phenoxy) is 2. The molecular formula is C23H23N3O7S. The van der Waals surface area contributed by atoms with E-state index in [1.54, 1.807) is 24.3 Å². The number of imide groups is 1. The number of benzene rings is 2. The van der Waals surface area contributed by atoms with Crippen LogP contribution in [-0.2, 0) is 4.79 Å². The van der Waals surface area contributed by atoms with Gasteiger partial charge < -0.3 is 14.8 Å². The molecule has 0 atom stereocenters. The van der Waals surface area contributed by atoms with Crippen molar-refractivity contribution in [1.82, 2.24) is 10.2 Å². The number of nitrogens with zero attached hydrogens (tertiary/aromatic N) is 2. The van der Waals surface area contributed by atoms with E-state index in [1.807, 2.05) is 6.92 Å². The van der Waals surface area contributed by atoms with Crippen LogP contribution in [0.1, 0.15) is 28.4 Å². The first-order valence-electron chi connectivity index (χ1n) is 10.3. The molecule has 1 aliphatic rings. The molecule has 1 aliphatic heterocycles. The molecule has 1 saturated heterocycles. The van der Waals surface area contributed by atoms with E-state index in [2.05, 4.69) is 5.32 Å². The molecule has 2 aromatic carbocycles. The molecule has 1 N–H and O–H groups in total. The first-order valence-corrected chi connectivity index (χ1v) is 11.2. The first kappa shape index (κ1) is 24.8. The molecule has 0 bridgehead atoms. The van der Waals surface area contributed by atoms with E-state index in [0.29, 0.717) is 23.7 Å². The topological polar surface area (TPSA) is 128 Å². The number of nitro groups is 1. The average Bonchev–Trinajstić information content (AvgIpc) is 3.07. The second-order valence-electron chi connectivity index (χ2n) is 7.14. The molecule has 10 nitrogen and oxygen atoms in total. The fourth-order valence-corrected chi connectivity index (χ4v) is 4.20. The second kappa shape index (κ2) is 10.8. The van der Waals surface area contributed by atoms with Gasteiger partial charge in [0.05, 0.1) is 23.5 Å². The van der Waals surface area contributed by atoms with E-state index < -0.39 is 22.0 Å². The van der Waals surface area contributed by atoms with Gasteiger partial charge in [-0.1, -0.05) is 12.1 Å². The third-order valence-corrected chi connectivity index (χ3v) is 5.93. The van der Waals surface area contributed by atoms with Crippen LogP contribution in [0.3, 0.4) is 0 Å². The third kappa shape index (κ3) is 5.37. The summed E-state index contributed by atoms with van der Waals surface area (Å²) in [6.07, 6.45) is 1.59. The number of nitro benzene ring substituents is 1. The monoisotopic (exact) mass is 485 g/mol. The van der Waals surface area contributed by atoms with Gasteiger partial charge in [0.1, 0.15) is 0 Å². The Hall–Kier alpha value is -3.86. The van der Waals surface area contributed by atoms with E-state index in [4.69, 9.17) is 9.47 Å². The van der Waals surface area contributed by atoms with Crippen LogP contribution in [0.5, 0.6) is 11.5 Å². The molecule has 178 valence electrons. The number of carbonyl (C=O) groups excluding carboxylic acids is 3. The summed E-state index contributed by atoms with van der Waals surface area (Å²) in [5.41, 5.74) is 0.910. The minimum atomic E-state index is -0.557. The number of nitrogens with one attached hydrogen (secondary N) is 1. The maximum atomic E-state index is 12.7. The molecule has 11 heteroatoms. The van der Waals surface area contributed by atoms with Gasteiger partial charge in [-0.15, -0.1) is 0 Å². The molecule has 0 aliphatic carbocycles. The van der Waals surface area contributed by atoms with Crippen molar-refractivity contribution in [2.45, 2.75) is 13.8 Å². The van der Waals surface area contributed by atoms with Crippen LogP contribution in [0, 0.1) is 17.0 Å². The predicted molar refractivity (Wildman–Crippen MR) is 127 cm³/mol. The summed E-state index contributed by atoms with van der Waals surface area (Å²) in [6, 6.07) is 9.41. The SMILES string of the molecule is CCOc1ccc(/C=C2\SC(=O)N(CCNC(=O)c3cccc([N+](=O)[O-])c3C)C2=O)cc1OC. The summed E-state index contributed by atoms with van der Waals surface area (Å²) in [7, 11) is 1.51. The van der Waals surface area contributed by atoms with Gasteiger partial charge in [0.2, 0.25) is 0 Å². The lowest BCUT2D eigenvalue weighted by Gasteiger charge is -2.13. The van der Waals surface area contributed by atoms with E-state index in [-0.39, 0.29) is 34.8 Å². The van der Waals surface area contributed by atoms with Crippen LogP contribution < -0.4 is 14.8 Å². The Balaban J connectivity index is 1.65. The van der Waals surface area contributed by atoms with Crippen LogP contribution in [0.4, 0.5) is 10.5 Å². The smallest absolute Gasteiger partial charge is 0.293 e. The lowest BCUT2D eigenvalue weighted by atomic mass is 10.1. The zero-order valence-corrected chi connectivity index (χ0v) is 19.6. The largest absolute Gasteiger partial charge is 0.493 e. The highest BCUT2D eigenvalue weighted by Gasteiger charge is 2.34. The fourth-order valence-electron chi connectivity index (χ4n) is 3.34. The van der Waals surface area contributed by atoms with Gasteiger partial charge in [-0.25, -0.2) is 0 Å². The number of hydrogen-bond acceptors (Lipinski definition) is 8. The molecule has 0 radical (unpaired) electrons. The zero-order chi connectivity index (χ0) is 24.8. The molecule has 34 heavy (non-hydrogen) atoms. The maximum Gasteiger partial charge on any atom is 0.293 e. The fraction of sp³-hybridized carbons (Fsp3) is 0.261. The lowest BCUT2D eigenvalue weighted by Crippen LogP contribution is -2.37. The number of thioether (sulfide) groups is 1. The van der Waals surface area contributed by atoms with Crippen molar-refractivity contribution in [2.75, 3.05) is 26.8 Å². The second-order valence-corrected chi connectivity index (χ2v) is 8.13. The average molecular weight is 486 g/mol. The Morgan fingerprint density at radius 1 is 1.24 bits per heavy atom. The third-order valence-electron chi connectivity index (χ3n) is 5.03. The van der Waals surface area contributed by atoms with Crippen molar-refractivity contribution in [2.24, 2.45) is 0 Å². The maximum absolute atomic E-state index is 12.7. The molecule has 0 spiro atoms. The van der Waals surface area contributed by atoms with Crippen molar-refractivity contribution in [3.63, 3.8) is 0 Å². The molecule has 3 amide bonds. The number of amides is 3. The van der Waals surface area contributed by atoms with Gasteiger partial charge in [0.15, 0.2) is 11.5 Å². The Morgan fingerprint density at radius 3 is 2.68 bits per heavy atom. The molecule has 0 aromatic heterocycles. The standard InChI is InChI=1S/C23H23N3O7S/c1-4-33-18-9-8-15(12-19(18)32-3)13-20-22(28)25(23(29)34-20)11-10-24-21(27)16-6-5-7-17(14(16)2)26(30)31/h5-9,12-13H,4,10-11H2,1-3H3,(H,24,27)/b20-13-. The molecule has 2 aromatic rings. The van der Waals surface area contributed by atoms with Crippen molar-refractivity contribution < 1.29 is 28.8 Å². The van der Waals surface area contributed by atoms with Crippen molar-refractivity contribution in [1.29, 1.82) is 0 Å². The summed E-state index contributed by atoms with van der Waals surface area (Å²) in [5.74, 6) is 0.0905. The van der Waals surface area contributed by atoms with Gasteiger partial charge in [0.25, 0.3) is 22.7 Å². The minimum absolute atomic E-state index is 0.00314. The van der Waals surface area contributed by atoms with Gasteiger partial charge in [-0.2, -0.15) is 0 Å². The first-order chi connectivity index (χ1) is 16.3. The molecule has 1 fully saturated rings. The molecular weight excluding hydrogens is 462 g/mol. The van der Waals surface area contributed by atoms with Crippen LogP contribution in [0.2, 0.25) is 0 Å². The summed E-state index contributed by atoms with van der Waals surface area (Å²) < 4.78 is 10.8. The minimum Gasteiger partial charge on any atom is -0.493 e. The van der Waals surface area contributed by atoms with E-state index >= 15 is 0 Å². The Bertz CT molecular complexity index is 1180. The number of methoxy groups -OCH3 is 1. The quantitative estimate of drug-likeness (QED) is 0.323. The molecule has 3 rings (SSSR count). The summed E-state index contributed by atoms with van der Waals surface area (Å²) >= 11 is 0.806. The summed E-state index contributed by atoms with van der Waals surface area (Å²) in [5, 5.41) is 13.2. The Kier molecular flexibility index (Phi) is 7.90. The van der Waals surface area contributed by atoms with E-state index in [0.717, 1.165) is 16.7 Å². The zero-order valence-electron chi connectivity index (χ0n) is 18.8. The van der Waals surface area contributed by atoms with Crippen LogP contribution in [0.15, 0.2) is 41.3 Å². The highest BCUT2D eigenvalue weighted by Crippen LogP contribution is 2.34. The molecule has 0 unspecified atom stereocenters. The number of rotatable bonds is 9. The molecule has 0 saturated carbocycles. The van der Waals surface area contributed by atoms with Gasteiger partial charge in [-0.05, 0) is 55.4 Å². The van der Waals surface area contributed by atoms with E-state index in [1.165, 1.54) is 32.2 Å². The highest BCUT2D eigenvalue weighted by atomic mass is 32.2. The summed E-state index contributed by atoms with van der Waals surface area (Å²) in [6.45, 7) is 3.80. The van der Waals surface area contributed by atoms with Gasteiger partial charge in [-0.3, -0.25) is 29.4 Å². The van der Waals surface area contributed by atoms with Gasteiger partial charge >= 0.3 is 0 Å². The predicted octanol–water partition coefficient (Wildman–Crippen LogP) is 3.78.